The quantitative estimate of drug-likeness (QED) is 0.660. The molecule has 21 heavy (non-hydrogen) atoms. The zero-order valence-corrected chi connectivity index (χ0v) is 13.9. The van der Waals surface area contributed by atoms with Gasteiger partial charge in [-0.15, -0.1) is 11.3 Å². The van der Waals surface area contributed by atoms with E-state index in [-0.39, 0.29) is 5.41 Å². The zero-order valence-electron chi connectivity index (χ0n) is 13.1. The molecule has 0 fully saturated rings. The average Bonchev–Trinajstić information content (AvgIpc) is 2.96. The number of rotatable bonds is 4. The maximum absolute atomic E-state index is 6.00. The van der Waals surface area contributed by atoms with Gasteiger partial charge in [0.25, 0.3) is 0 Å². The zero-order chi connectivity index (χ0) is 15.5. The van der Waals surface area contributed by atoms with Crippen molar-refractivity contribution in [1.82, 2.24) is 0 Å². The molecule has 3 nitrogen and oxygen atoms in total. The highest BCUT2D eigenvalue weighted by Gasteiger charge is 2.21. The van der Waals surface area contributed by atoms with Crippen LogP contribution in [0.15, 0.2) is 40.7 Å². The largest absolute Gasteiger partial charge is 0.370 e. The molecule has 3 N–H and O–H groups in total. The van der Waals surface area contributed by atoms with Crippen LogP contribution in [0.2, 0.25) is 0 Å². The molecular weight excluding hydrogens is 278 g/mol. The van der Waals surface area contributed by atoms with Crippen LogP contribution in [-0.2, 0) is 5.41 Å². The maximum Gasteiger partial charge on any atom is 0.193 e. The molecule has 0 spiro atoms. The van der Waals surface area contributed by atoms with Crippen LogP contribution in [-0.4, -0.2) is 12.5 Å². The molecule has 1 aromatic carbocycles. The van der Waals surface area contributed by atoms with Gasteiger partial charge in [0.2, 0.25) is 0 Å². The number of anilines is 1. The number of nitrogens with zero attached hydrogens (tertiary/aromatic N) is 1. The van der Waals surface area contributed by atoms with Crippen LogP contribution in [0, 0.1) is 13.8 Å². The third kappa shape index (κ3) is 4.08. The van der Waals surface area contributed by atoms with E-state index in [1.54, 1.807) is 11.3 Å². The molecule has 1 heterocycles. The Morgan fingerprint density at radius 3 is 2.62 bits per heavy atom. The Labute approximate surface area is 130 Å². The van der Waals surface area contributed by atoms with Crippen LogP contribution in [0.5, 0.6) is 0 Å². The molecule has 0 aliphatic carbocycles. The van der Waals surface area contributed by atoms with Gasteiger partial charge in [-0.05, 0) is 48.6 Å². The van der Waals surface area contributed by atoms with E-state index in [1.165, 1.54) is 16.0 Å². The van der Waals surface area contributed by atoms with Crippen molar-refractivity contribution in [1.29, 1.82) is 0 Å². The number of nitrogens with two attached hydrogens (primary N) is 1. The number of aliphatic imine (C=N–C) groups is 1. The number of thiophene rings is 1. The lowest BCUT2D eigenvalue weighted by Gasteiger charge is -2.21. The van der Waals surface area contributed by atoms with Crippen molar-refractivity contribution in [2.24, 2.45) is 10.7 Å². The van der Waals surface area contributed by atoms with Crippen molar-refractivity contribution < 1.29 is 0 Å². The summed E-state index contributed by atoms with van der Waals surface area (Å²) < 4.78 is 0. The Bertz CT molecular complexity index is 627. The Morgan fingerprint density at radius 2 is 2.00 bits per heavy atom. The van der Waals surface area contributed by atoms with Gasteiger partial charge in [-0.2, -0.15) is 0 Å². The number of hydrogen-bond acceptors (Lipinski definition) is 2. The first kappa shape index (κ1) is 15.6. The summed E-state index contributed by atoms with van der Waals surface area (Å²) in [7, 11) is 0. The minimum Gasteiger partial charge on any atom is -0.370 e. The normalized spacial score (nSPS) is 12.5. The second-order valence-corrected chi connectivity index (χ2v) is 6.93. The first-order chi connectivity index (χ1) is 9.88. The molecule has 0 amide bonds. The van der Waals surface area contributed by atoms with Gasteiger partial charge in [0, 0.05) is 16.0 Å². The second kappa shape index (κ2) is 6.31. The highest BCUT2D eigenvalue weighted by atomic mass is 32.1. The highest BCUT2D eigenvalue weighted by Crippen LogP contribution is 2.27. The number of guanidine groups is 1. The summed E-state index contributed by atoms with van der Waals surface area (Å²) in [6.07, 6.45) is 0. The predicted molar refractivity (Wildman–Crippen MR) is 93.4 cm³/mol. The Hall–Kier alpha value is -1.81. The standard InChI is InChI=1S/C17H23N3S/c1-12-7-8-14(10-13(12)2)20-16(18)19-11-17(3,4)15-6-5-9-21-15/h5-10H,11H2,1-4H3,(H3,18,19,20). The van der Waals surface area contributed by atoms with Crippen LogP contribution in [0.25, 0.3) is 0 Å². The molecular formula is C17H23N3S. The Balaban J connectivity index is 2.02. The van der Waals surface area contributed by atoms with Crippen LogP contribution >= 0.6 is 11.3 Å². The van der Waals surface area contributed by atoms with Crippen LogP contribution in [0.4, 0.5) is 5.69 Å². The maximum atomic E-state index is 6.00. The van der Waals surface area contributed by atoms with E-state index in [4.69, 9.17) is 5.73 Å². The fourth-order valence-corrected chi connectivity index (χ4v) is 2.88. The Morgan fingerprint density at radius 1 is 1.24 bits per heavy atom. The average molecular weight is 301 g/mol. The fraction of sp³-hybridized carbons (Fsp3) is 0.353. The molecule has 0 radical (unpaired) electrons. The van der Waals surface area contributed by atoms with Gasteiger partial charge in [0.05, 0.1) is 6.54 Å². The first-order valence-corrected chi connectivity index (χ1v) is 7.94. The minimum absolute atomic E-state index is 0.00363. The van der Waals surface area contributed by atoms with Gasteiger partial charge in [-0.25, -0.2) is 0 Å². The number of hydrogen-bond donors (Lipinski definition) is 2. The SMILES string of the molecule is Cc1ccc(NC(N)=NCC(C)(C)c2cccs2)cc1C. The summed E-state index contributed by atoms with van der Waals surface area (Å²) >= 11 is 1.76. The van der Waals surface area contributed by atoms with Gasteiger partial charge < -0.3 is 11.1 Å². The monoisotopic (exact) mass is 301 g/mol. The van der Waals surface area contributed by atoms with E-state index in [1.807, 2.05) is 6.07 Å². The van der Waals surface area contributed by atoms with Crippen LogP contribution in [0.3, 0.4) is 0 Å². The number of nitrogens with one attached hydrogen (secondary N) is 1. The van der Waals surface area contributed by atoms with Crippen molar-refractivity contribution in [3.8, 4) is 0 Å². The Kier molecular flexibility index (Phi) is 4.68. The lowest BCUT2D eigenvalue weighted by molar-refractivity contribution is 0.551. The lowest BCUT2D eigenvalue weighted by Crippen LogP contribution is -2.27. The van der Waals surface area contributed by atoms with Gasteiger partial charge in [0.1, 0.15) is 0 Å². The third-order valence-electron chi connectivity index (χ3n) is 3.61. The fourth-order valence-electron chi connectivity index (χ4n) is 2.03. The number of aryl methyl sites for hydroxylation is 2. The van der Waals surface area contributed by atoms with E-state index in [2.05, 4.69) is 67.6 Å². The molecule has 0 saturated heterocycles. The van der Waals surface area contributed by atoms with Gasteiger partial charge in [-0.3, -0.25) is 4.99 Å². The third-order valence-corrected chi connectivity index (χ3v) is 4.85. The van der Waals surface area contributed by atoms with Crippen LogP contribution in [0.1, 0.15) is 29.9 Å². The summed E-state index contributed by atoms with van der Waals surface area (Å²) in [5.41, 5.74) is 9.50. The molecule has 4 heteroatoms. The topological polar surface area (TPSA) is 50.4 Å². The summed E-state index contributed by atoms with van der Waals surface area (Å²) in [5.74, 6) is 0.461. The molecule has 1 aromatic heterocycles. The van der Waals surface area contributed by atoms with Gasteiger partial charge in [-0.1, -0.05) is 26.0 Å². The van der Waals surface area contributed by atoms with Crippen molar-refractivity contribution in [3.63, 3.8) is 0 Å². The van der Waals surface area contributed by atoms with Crippen molar-refractivity contribution >= 4 is 23.0 Å². The van der Waals surface area contributed by atoms with Gasteiger partial charge >= 0.3 is 0 Å². The summed E-state index contributed by atoms with van der Waals surface area (Å²) in [5, 5.41) is 5.25. The molecule has 112 valence electrons. The first-order valence-electron chi connectivity index (χ1n) is 7.07. The van der Waals surface area contributed by atoms with E-state index in [0.29, 0.717) is 12.5 Å². The van der Waals surface area contributed by atoms with E-state index < -0.39 is 0 Å². The number of benzene rings is 1. The van der Waals surface area contributed by atoms with E-state index >= 15 is 0 Å². The highest BCUT2D eigenvalue weighted by molar-refractivity contribution is 7.10. The van der Waals surface area contributed by atoms with Crippen LogP contribution < -0.4 is 11.1 Å². The molecule has 0 aliphatic rings. The van der Waals surface area contributed by atoms with E-state index in [9.17, 15) is 0 Å². The molecule has 0 bridgehead atoms. The molecule has 0 aliphatic heterocycles. The molecule has 0 saturated carbocycles. The smallest absolute Gasteiger partial charge is 0.193 e. The van der Waals surface area contributed by atoms with E-state index in [0.717, 1.165) is 5.69 Å². The second-order valence-electron chi connectivity index (χ2n) is 5.99. The summed E-state index contributed by atoms with van der Waals surface area (Å²) in [6.45, 7) is 9.22. The summed E-state index contributed by atoms with van der Waals surface area (Å²) in [4.78, 5) is 5.81. The molecule has 2 aromatic rings. The molecule has 0 unspecified atom stereocenters. The van der Waals surface area contributed by atoms with Crippen molar-refractivity contribution in [2.75, 3.05) is 11.9 Å². The summed E-state index contributed by atoms with van der Waals surface area (Å²) in [6, 6.07) is 10.4. The predicted octanol–water partition coefficient (Wildman–Crippen LogP) is 4.07. The van der Waals surface area contributed by atoms with Crippen molar-refractivity contribution in [2.45, 2.75) is 33.1 Å². The molecule has 2 rings (SSSR count). The van der Waals surface area contributed by atoms with Gasteiger partial charge in [0.15, 0.2) is 5.96 Å². The molecule has 0 atom stereocenters. The van der Waals surface area contributed by atoms with Crippen molar-refractivity contribution in [3.05, 3.63) is 51.7 Å². The lowest BCUT2D eigenvalue weighted by atomic mass is 9.92. The minimum atomic E-state index is 0.00363.